The first-order chi connectivity index (χ1) is 10.4. The van der Waals surface area contributed by atoms with Gasteiger partial charge in [-0.05, 0) is 57.9 Å². The van der Waals surface area contributed by atoms with Crippen LogP contribution in [-0.2, 0) is 4.79 Å². The molecule has 2 atom stereocenters. The topological polar surface area (TPSA) is 23.6 Å². The molecule has 0 radical (unpaired) electrons. The number of carbonyl (C=O) groups is 1. The fourth-order valence-corrected chi connectivity index (χ4v) is 3.55. The van der Waals surface area contributed by atoms with Crippen molar-refractivity contribution >= 4 is 29.1 Å². The summed E-state index contributed by atoms with van der Waals surface area (Å²) in [6.45, 7) is 5.48. The maximum absolute atomic E-state index is 12.5. The molecule has 1 aliphatic heterocycles. The van der Waals surface area contributed by atoms with Crippen LogP contribution < -0.4 is 0 Å². The van der Waals surface area contributed by atoms with Gasteiger partial charge in [0.05, 0.1) is 6.54 Å². The van der Waals surface area contributed by atoms with Crippen molar-refractivity contribution in [3.63, 3.8) is 0 Å². The Kier molecular flexibility index (Phi) is 6.13. The number of likely N-dealkylation sites (N-methyl/N-ethyl adjacent to an activating group) is 1. The Labute approximate surface area is 143 Å². The zero-order chi connectivity index (χ0) is 16.3. The van der Waals surface area contributed by atoms with Crippen molar-refractivity contribution in [1.82, 2.24) is 9.80 Å². The quantitative estimate of drug-likeness (QED) is 0.810. The molecule has 3 nitrogen and oxygen atoms in total. The zero-order valence-electron chi connectivity index (χ0n) is 13.5. The van der Waals surface area contributed by atoms with E-state index in [9.17, 15) is 4.79 Å². The molecule has 0 aromatic heterocycles. The zero-order valence-corrected chi connectivity index (χ0v) is 15.0. The van der Waals surface area contributed by atoms with Crippen LogP contribution in [0.5, 0.6) is 0 Å². The summed E-state index contributed by atoms with van der Waals surface area (Å²) in [5.74, 6) is 0.201. The number of likely N-dealkylation sites (tertiary alicyclic amines) is 1. The van der Waals surface area contributed by atoms with Gasteiger partial charge in [-0.2, -0.15) is 0 Å². The molecule has 2 rings (SSSR count). The van der Waals surface area contributed by atoms with Crippen LogP contribution in [0.25, 0.3) is 0 Å². The Morgan fingerprint density at radius 2 is 2.14 bits per heavy atom. The molecule has 0 saturated carbocycles. The monoisotopic (exact) mass is 342 g/mol. The molecule has 1 amide bonds. The molecule has 1 aromatic carbocycles. The predicted molar refractivity (Wildman–Crippen MR) is 92.5 cm³/mol. The number of carbonyl (C=O) groups excluding carboxylic acids is 1. The highest BCUT2D eigenvalue weighted by molar-refractivity contribution is 6.35. The number of hydrogen-bond acceptors (Lipinski definition) is 2. The Hall–Kier alpha value is -0.770. The van der Waals surface area contributed by atoms with E-state index < -0.39 is 0 Å². The lowest BCUT2D eigenvalue weighted by Crippen LogP contribution is -2.46. The molecule has 1 saturated heterocycles. The number of rotatable bonds is 4. The Bertz CT molecular complexity index is 535. The van der Waals surface area contributed by atoms with Crippen molar-refractivity contribution in [2.24, 2.45) is 0 Å². The molecule has 0 spiro atoms. The Morgan fingerprint density at radius 1 is 1.41 bits per heavy atom. The van der Waals surface area contributed by atoms with Crippen molar-refractivity contribution in [2.45, 2.75) is 45.2 Å². The minimum atomic E-state index is 0.0637. The van der Waals surface area contributed by atoms with Crippen LogP contribution in [-0.4, -0.2) is 41.9 Å². The van der Waals surface area contributed by atoms with E-state index in [0.29, 0.717) is 22.6 Å². The van der Waals surface area contributed by atoms with E-state index in [4.69, 9.17) is 23.2 Å². The van der Waals surface area contributed by atoms with Gasteiger partial charge in [-0.15, -0.1) is 0 Å². The summed E-state index contributed by atoms with van der Waals surface area (Å²) < 4.78 is 0. The SMILES string of the molecule is CC(c1ccc(Cl)cc1Cl)N(C)CC(=O)N1CCCCC1C. The van der Waals surface area contributed by atoms with Gasteiger partial charge in [-0.3, -0.25) is 9.69 Å². The first-order valence-electron chi connectivity index (χ1n) is 7.84. The smallest absolute Gasteiger partial charge is 0.236 e. The van der Waals surface area contributed by atoms with Crippen LogP contribution in [0, 0.1) is 0 Å². The average Bonchev–Trinajstić information content (AvgIpc) is 2.46. The van der Waals surface area contributed by atoms with E-state index in [1.807, 2.05) is 29.0 Å². The van der Waals surface area contributed by atoms with Gasteiger partial charge in [-0.25, -0.2) is 0 Å². The molecule has 122 valence electrons. The van der Waals surface area contributed by atoms with Gasteiger partial charge in [0, 0.05) is 28.7 Å². The van der Waals surface area contributed by atoms with Crippen LogP contribution in [0.2, 0.25) is 10.0 Å². The second-order valence-corrected chi connectivity index (χ2v) is 7.03. The summed E-state index contributed by atoms with van der Waals surface area (Å²) >= 11 is 12.2. The molecule has 1 fully saturated rings. The fourth-order valence-electron chi connectivity index (χ4n) is 2.99. The summed E-state index contributed by atoms with van der Waals surface area (Å²) in [7, 11) is 1.96. The summed E-state index contributed by atoms with van der Waals surface area (Å²) in [6, 6.07) is 5.93. The van der Waals surface area contributed by atoms with Gasteiger partial charge in [0.25, 0.3) is 0 Å². The number of benzene rings is 1. The van der Waals surface area contributed by atoms with Crippen molar-refractivity contribution in [1.29, 1.82) is 0 Å². The summed E-state index contributed by atoms with van der Waals surface area (Å²) in [4.78, 5) is 16.6. The van der Waals surface area contributed by atoms with Gasteiger partial charge in [0.15, 0.2) is 0 Å². The Morgan fingerprint density at radius 3 is 2.77 bits per heavy atom. The van der Waals surface area contributed by atoms with E-state index in [1.54, 1.807) is 6.07 Å². The third-order valence-electron chi connectivity index (χ3n) is 4.58. The lowest BCUT2D eigenvalue weighted by atomic mass is 10.0. The second-order valence-electron chi connectivity index (χ2n) is 6.19. The number of amides is 1. The van der Waals surface area contributed by atoms with Crippen molar-refractivity contribution < 1.29 is 4.79 Å². The predicted octanol–water partition coefficient (Wildman–Crippen LogP) is 4.39. The van der Waals surface area contributed by atoms with Crippen LogP contribution in [0.3, 0.4) is 0 Å². The number of piperidine rings is 1. The van der Waals surface area contributed by atoms with E-state index >= 15 is 0 Å². The van der Waals surface area contributed by atoms with Gasteiger partial charge >= 0.3 is 0 Å². The highest BCUT2D eigenvalue weighted by Crippen LogP contribution is 2.29. The van der Waals surface area contributed by atoms with Gasteiger partial charge < -0.3 is 4.90 Å². The molecule has 0 aliphatic carbocycles. The van der Waals surface area contributed by atoms with E-state index in [1.165, 1.54) is 6.42 Å². The van der Waals surface area contributed by atoms with Gasteiger partial charge in [-0.1, -0.05) is 29.3 Å². The lowest BCUT2D eigenvalue weighted by Gasteiger charge is -2.35. The minimum absolute atomic E-state index is 0.0637. The van der Waals surface area contributed by atoms with Gasteiger partial charge in [0.2, 0.25) is 5.91 Å². The third-order valence-corrected chi connectivity index (χ3v) is 5.14. The molecule has 1 aromatic rings. The lowest BCUT2D eigenvalue weighted by molar-refractivity contribution is -0.135. The number of halogens is 2. The first-order valence-corrected chi connectivity index (χ1v) is 8.60. The number of hydrogen-bond donors (Lipinski definition) is 0. The standard InChI is InChI=1S/C17H24Cl2N2O/c1-12-6-4-5-9-21(12)17(22)11-20(3)13(2)15-8-7-14(18)10-16(15)19/h7-8,10,12-13H,4-6,9,11H2,1-3H3. The molecular weight excluding hydrogens is 319 g/mol. The van der Waals surface area contributed by atoms with Crippen LogP contribution >= 0.6 is 23.2 Å². The maximum Gasteiger partial charge on any atom is 0.236 e. The third kappa shape index (κ3) is 4.15. The molecule has 2 unspecified atom stereocenters. The Balaban J connectivity index is 2.01. The van der Waals surface area contributed by atoms with Crippen molar-refractivity contribution in [2.75, 3.05) is 20.1 Å². The second kappa shape index (κ2) is 7.67. The molecular formula is C17H24Cl2N2O. The maximum atomic E-state index is 12.5. The summed E-state index contributed by atoms with van der Waals surface area (Å²) in [5, 5.41) is 1.27. The summed E-state index contributed by atoms with van der Waals surface area (Å²) in [5.41, 5.74) is 0.994. The minimum Gasteiger partial charge on any atom is -0.339 e. The van der Waals surface area contributed by atoms with Crippen LogP contribution in [0.4, 0.5) is 0 Å². The molecule has 22 heavy (non-hydrogen) atoms. The number of nitrogens with zero attached hydrogens (tertiary/aromatic N) is 2. The van der Waals surface area contributed by atoms with Crippen LogP contribution in [0.1, 0.15) is 44.7 Å². The molecule has 0 N–H and O–H groups in total. The van der Waals surface area contributed by atoms with E-state index in [-0.39, 0.29) is 11.9 Å². The molecule has 1 heterocycles. The van der Waals surface area contributed by atoms with Gasteiger partial charge in [0.1, 0.15) is 0 Å². The van der Waals surface area contributed by atoms with Crippen molar-refractivity contribution in [3.05, 3.63) is 33.8 Å². The largest absolute Gasteiger partial charge is 0.339 e. The first kappa shape index (κ1) is 17.6. The fraction of sp³-hybridized carbons (Fsp3) is 0.588. The van der Waals surface area contributed by atoms with E-state index in [2.05, 4.69) is 13.8 Å². The van der Waals surface area contributed by atoms with Crippen molar-refractivity contribution in [3.8, 4) is 0 Å². The van der Waals surface area contributed by atoms with Crippen LogP contribution in [0.15, 0.2) is 18.2 Å². The summed E-state index contributed by atoms with van der Waals surface area (Å²) in [6.07, 6.45) is 3.43. The average molecular weight is 343 g/mol. The highest BCUT2D eigenvalue weighted by Gasteiger charge is 2.25. The van der Waals surface area contributed by atoms with E-state index in [0.717, 1.165) is 24.9 Å². The molecule has 0 bridgehead atoms. The molecule has 1 aliphatic rings. The normalized spacial score (nSPS) is 20.3. The highest BCUT2D eigenvalue weighted by atomic mass is 35.5. The molecule has 5 heteroatoms.